The highest BCUT2D eigenvalue weighted by molar-refractivity contribution is 7.99. The molecule has 2 saturated heterocycles. The molecule has 3 rings (SSSR count). The first-order chi connectivity index (χ1) is 11.7. The molecule has 1 aromatic carbocycles. The van der Waals surface area contributed by atoms with E-state index < -0.39 is 0 Å². The van der Waals surface area contributed by atoms with Gasteiger partial charge >= 0.3 is 0 Å². The molecule has 1 aromatic rings. The van der Waals surface area contributed by atoms with E-state index in [1.807, 2.05) is 36.1 Å². The predicted octanol–water partition coefficient (Wildman–Crippen LogP) is 2.80. The third-order valence-electron chi connectivity index (χ3n) is 5.04. The van der Waals surface area contributed by atoms with Crippen LogP contribution in [0.4, 0.5) is 0 Å². The Morgan fingerprint density at radius 3 is 2.75 bits per heavy atom. The topological polar surface area (TPSA) is 32.8 Å². The van der Waals surface area contributed by atoms with Gasteiger partial charge in [-0.2, -0.15) is 11.8 Å². The lowest BCUT2D eigenvalue weighted by Crippen LogP contribution is -2.42. The van der Waals surface area contributed by atoms with Crippen LogP contribution in [0.2, 0.25) is 0 Å². The molecule has 2 heterocycles. The van der Waals surface area contributed by atoms with Gasteiger partial charge in [0.15, 0.2) is 6.61 Å². The van der Waals surface area contributed by atoms with Crippen LogP contribution < -0.4 is 4.74 Å². The molecule has 0 bridgehead atoms. The van der Waals surface area contributed by atoms with Gasteiger partial charge in [-0.05, 0) is 49.3 Å². The molecule has 5 heteroatoms. The number of carbonyl (C=O) groups is 1. The summed E-state index contributed by atoms with van der Waals surface area (Å²) in [6.45, 7) is 5.97. The van der Waals surface area contributed by atoms with E-state index in [0.717, 1.165) is 50.0 Å². The van der Waals surface area contributed by atoms with E-state index in [-0.39, 0.29) is 12.5 Å². The fourth-order valence-corrected chi connectivity index (χ4v) is 4.63. The van der Waals surface area contributed by atoms with Gasteiger partial charge in [0.05, 0.1) is 0 Å². The van der Waals surface area contributed by atoms with Gasteiger partial charge in [-0.1, -0.05) is 18.2 Å². The van der Waals surface area contributed by atoms with Crippen molar-refractivity contribution < 1.29 is 9.53 Å². The van der Waals surface area contributed by atoms with Crippen molar-refractivity contribution >= 4 is 17.7 Å². The van der Waals surface area contributed by atoms with Gasteiger partial charge in [-0.3, -0.25) is 9.69 Å². The molecule has 0 radical (unpaired) electrons. The summed E-state index contributed by atoms with van der Waals surface area (Å²) in [5, 5.41) is 0. The van der Waals surface area contributed by atoms with Crippen LogP contribution in [0.1, 0.15) is 24.8 Å². The van der Waals surface area contributed by atoms with Gasteiger partial charge in [0, 0.05) is 32.2 Å². The number of thioether (sulfide) groups is 1. The molecular formula is C19H28N2O2S. The third-order valence-corrected chi connectivity index (χ3v) is 6.08. The lowest BCUT2D eigenvalue weighted by atomic mass is 10.1. The molecule has 0 N–H and O–H groups in total. The normalized spacial score (nSPS) is 20.6. The summed E-state index contributed by atoms with van der Waals surface area (Å²) < 4.78 is 5.73. The predicted molar refractivity (Wildman–Crippen MR) is 99.8 cm³/mol. The zero-order chi connectivity index (χ0) is 16.8. The number of aryl methyl sites for hydroxylation is 1. The SMILES string of the molecule is Cc1ccccc1OCC(=O)N1CCCN(C2CCSCC2)CC1. The molecule has 24 heavy (non-hydrogen) atoms. The summed E-state index contributed by atoms with van der Waals surface area (Å²) in [5.41, 5.74) is 1.07. The van der Waals surface area contributed by atoms with Crippen molar-refractivity contribution in [2.75, 3.05) is 44.3 Å². The number of para-hydroxylation sites is 1. The van der Waals surface area contributed by atoms with Crippen LogP contribution in [0.15, 0.2) is 24.3 Å². The van der Waals surface area contributed by atoms with Gasteiger partial charge in [0.25, 0.3) is 5.91 Å². The van der Waals surface area contributed by atoms with E-state index in [4.69, 9.17) is 4.74 Å². The first kappa shape index (κ1) is 17.6. The average Bonchev–Trinajstić information content (AvgIpc) is 2.88. The molecule has 0 aliphatic carbocycles. The highest BCUT2D eigenvalue weighted by Crippen LogP contribution is 2.23. The molecule has 2 aliphatic rings. The number of nitrogens with zero attached hydrogens (tertiary/aromatic N) is 2. The first-order valence-electron chi connectivity index (χ1n) is 9.02. The number of benzene rings is 1. The molecule has 132 valence electrons. The Morgan fingerprint density at radius 1 is 1.17 bits per heavy atom. The molecule has 0 unspecified atom stereocenters. The summed E-state index contributed by atoms with van der Waals surface area (Å²) >= 11 is 2.07. The lowest BCUT2D eigenvalue weighted by molar-refractivity contribution is -0.133. The fraction of sp³-hybridized carbons (Fsp3) is 0.632. The molecule has 1 amide bonds. The summed E-state index contributed by atoms with van der Waals surface area (Å²) in [5.74, 6) is 3.49. The van der Waals surface area contributed by atoms with Crippen LogP contribution in [0, 0.1) is 6.92 Å². The fourth-order valence-electron chi connectivity index (χ4n) is 3.55. The summed E-state index contributed by atoms with van der Waals surface area (Å²) in [7, 11) is 0. The second-order valence-electron chi connectivity index (χ2n) is 6.67. The van der Waals surface area contributed by atoms with Crippen LogP contribution in [0.25, 0.3) is 0 Å². The number of ether oxygens (including phenoxy) is 1. The van der Waals surface area contributed by atoms with Crippen LogP contribution in [-0.2, 0) is 4.79 Å². The van der Waals surface area contributed by atoms with Gasteiger partial charge in [0.1, 0.15) is 5.75 Å². The molecule has 0 atom stereocenters. The van der Waals surface area contributed by atoms with Crippen LogP contribution in [-0.4, -0.2) is 66.0 Å². The van der Waals surface area contributed by atoms with E-state index in [2.05, 4.69) is 16.7 Å². The number of hydrogen-bond donors (Lipinski definition) is 0. The molecule has 0 saturated carbocycles. The standard InChI is InChI=1S/C19H28N2O2S/c1-16-5-2-3-6-18(16)23-15-19(22)21-10-4-9-20(11-12-21)17-7-13-24-14-8-17/h2-3,5-6,17H,4,7-15H2,1H3. The van der Waals surface area contributed by atoms with Crippen LogP contribution >= 0.6 is 11.8 Å². The van der Waals surface area contributed by atoms with Crippen LogP contribution in [0.5, 0.6) is 5.75 Å². The number of carbonyl (C=O) groups excluding carboxylic acids is 1. The zero-order valence-electron chi connectivity index (χ0n) is 14.6. The molecule has 0 spiro atoms. The Hall–Kier alpha value is -1.20. The quantitative estimate of drug-likeness (QED) is 0.838. The number of rotatable bonds is 4. The smallest absolute Gasteiger partial charge is 0.260 e. The van der Waals surface area contributed by atoms with Crippen molar-refractivity contribution in [1.82, 2.24) is 9.80 Å². The van der Waals surface area contributed by atoms with E-state index in [0.29, 0.717) is 0 Å². The number of hydrogen-bond acceptors (Lipinski definition) is 4. The van der Waals surface area contributed by atoms with Crippen molar-refractivity contribution in [3.63, 3.8) is 0 Å². The maximum atomic E-state index is 12.5. The second kappa shape index (κ2) is 8.77. The molecule has 2 fully saturated rings. The maximum Gasteiger partial charge on any atom is 0.260 e. The first-order valence-corrected chi connectivity index (χ1v) is 10.2. The molecule has 2 aliphatic heterocycles. The average molecular weight is 349 g/mol. The molecule has 0 aromatic heterocycles. The zero-order valence-corrected chi connectivity index (χ0v) is 15.4. The van der Waals surface area contributed by atoms with Crippen molar-refractivity contribution in [3.8, 4) is 5.75 Å². The minimum absolute atomic E-state index is 0.110. The van der Waals surface area contributed by atoms with Gasteiger partial charge in [0.2, 0.25) is 0 Å². The Kier molecular flexibility index (Phi) is 6.44. The lowest BCUT2D eigenvalue weighted by Gasteiger charge is -2.33. The van der Waals surface area contributed by atoms with E-state index in [9.17, 15) is 4.79 Å². The van der Waals surface area contributed by atoms with Crippen molar-refractivity contribution in [3.05, 3.63) is 29.8 Å². The number of amides is 1. The Balaban J connectivity index is 1.48. The van der Waals surface area contributed by atoms with Crippen molar-refractivity contribution in [2.24, 2.45) is 0 Å². The Bertz CT molecular complexity index is 546. The van der Waals surface area contributed by atoms with Gasteiger partial charge in [-0.15, -0.1) is 0 Å². The van der Waals surface area contributed by atoms with Gasteiger partial charge < -0.3 is 9.64 Å². The third kappa shape index (κ3) is 4.67. The van der Waals surface area contributed by atoms with Gasteiger partial charge in [-0.25, -0.2) is 0 Å². The minimum atomic E-state index is 0.110. The highest BCUT2D eigenvalue weighted by atomic mass is 32.2. The molecular weight excluding hydrogens is 320 g/mol. The molecule has 4 nitrogen and oxygen atoms in total. The van der Waals surface area contributed by atoms with Crippen molar-refractivity contribution in [1.29, 1.82) is 0 Å². The Labute approximate surface area is 149 Å². The Morgan fingerprint density at radius 2 is 1.96 bits per heavy atom. The largest absolute Gasteiger partial charge is 0.484 e. The monoisotopic (exact) mass is 348 g/mol. The van der Waals surface area contributed by atoms with Crippen LogP contribution in [0.3, 0.4) is 0 Å². The minimum Gasteiger partial charge on any atom is -0.484 e. The van der Waals surface area contributed by atoms with E-state index in [1.165, 1.54) is 24.3 Å². The maximum absolute atomic E-state index is 12.5. The highest BCUT2D eigenvalue weighted by Gasteiger charge is 2.25. The summed E-state index contributed by atoms with van der Waals surface area (Å²) in [4.78, 5) is 17.1. The van der Waals surface area contributed by atoms with E-state index >= 15 is 0 Å². The van der Waals surface area contributed by atoms with E-state index in [1.54, 1.807) is 0 Å². The summed E-state index contributed by atoms with van der Waals surface area (Å²) in [6, 6.07) is 8.58. The van der Waals surface area contributed by atoms with Crippen molar-refractivity contribution in [2.45, 2.75) is 32.2 Å². The summed E-state index contributed by atoms with van der Waals surface area (Å²) in [6.07, 6.45) is 3.67. The second-order valence-corrected chi connectivity index (χ2v) is 7.89.